The summed E-state index contributed by atoms with van der Waals surface area (Å²) in [6.07, 6.45) is 3.28. The molecule has 5 rings (SSSR count). The summed E-state index contributed by atoms with van der Waals surface area (Å²) in [6.45, 7) is 5.49. The number of anilines is 1. The number of hydrogen-bond acceptors (Lipinski definition) is 6. The molecule has 0 bridgehead atoms. The average molecular weight is 433 g/mol. The van der Waals surface area contributed by atoms with Crippen LogP contribution in [0, 0.1) is 13.8 Å². The molecule has 0 aliphatic carbocycles. The zero-order valence-electron chi connectivity index (χ0n) is 17.6. The van der Waals surface area contributed by atoms with Crippen LogP contribution in [0.2, 0.25) is 0 Å². The van der Waals surface area contributed by atoms with Gasteiger partial charge in [-0.2, -0.15) is 0 Å². The molecule has 158 valence electrons. The molecule has 1 amide bonds. The van der Waals surface area contributed by atoms with Gasteiger partial charge in [-0.3, -0.25) is 4.79 Å². The van der Waals surface area contributed by atoms with Crippen molar-refractivity contribution in [3.05, 3.63) is 65.2 Å². The summed E-state index contributed by atoms with van der Waals surface area (Å²) in [7, 11) is 0. The monoisotopic (exact) mass is 432 g/mol. The summed E-state index contributed by atoms with van der Waals surface area (Å²) >= 11 is 1.66. The lowest BCUT2D eigenvalue weighted by molar-refractivity contribution is 0.0902. The van der Waals surface area contributed by atoms with E-state index < -0.39 is 0 Å². The third-order valence-electron chi connectivity index (χ3n) is 5.81. The lowest BCUT2D eigenvalue weighted by Gasteiger charge is -2.33. The molecule has 0 unspecified atom stereocenters. The molecule has 1 fully saturated rings. The number of carbonyl (C=O) groups is 1. The molecule has 3 aromatic heterocycles. The lowest BCUT2D eigenvalue weighted by atomic mass is 10.0. The van der Waals surface area contributed by atoms with Crippen LogP contribution in [0.5, 0.6) is 0 Å². The van der Waals surface area contributed by atoms with Crippen molar-refractivity contribution in [2.24, 2.45) is 0 Å². The van der Waals surface area contributed by atoms with Crippen LogP contribution in [-0.4, -0.2) is 35.0 Å². The molecular weight excluding hydrogens is 408 g/mol. The minimum atomic E-state index is -0.134. The van der Waals surface area contributed by atoms with Crippen molar-refractivity contribution < 1.29 is 9.21 Å². The summed E-state index contributed by atoms with van der Waals surface area (Å²) in [5, 5.41) is 6.42. The second-order valence-corrected chi connectivity index (χ2v) is 8.82. The Labute approximate surface area is 184 Å². The van der Waals surface area contributed by atoms with Gasteiger partial charge in [-0.25, -0.2) is 9.97 Å². The minimum absolute atomic E-state index is 0.128. The molecule has 7 heteroatoms. The fourth-order valence-electron chi connectivity index (χ4n) is 4.18. The quantitative estimate of drug-likeness (QED) is 0.493. The number of nitrogens with zero attached hydrogens (tertiary/aromatic N) is 3. The van der Waals surface area contributed by atoms with E-state index in [1.807, 2.05) is 26.0 Å². The first kappa shape index (κ1) is 19.8. The fraction of sp³-hybridized carbons (Fsp3) is 0.292. The van der Waals surface area contributed by atoms with E-state index in [2.05, 4.69) is 44.8 Å². The zero-order valence-corrected chi connectivity index (χ0v) is 18.4. The van der Waals surface area contributed by atoms with Gasteiger partial charge in [0.2, 0.25) is 0 Å². The lowest BCUT2D eigenvalue weighted by Crippen LogP contribution is -2.45. The van der Waals surface area contributed by atoms with Crippen molar-refractivity contribution in [1.82, 2.24) is 15.3 Å². The SMILES string of the molecule is Cc1nc(N2CCC(NC(=O)c3occc3C)CC2)c2c(-c3ccccc3)csc2n1. The molecule has 0 saturated carbocycles. The van der Waals surface area contributed by atoms with Crippen molar-refractivity contribution in [1.29, 1.82) is 0 Å². The minimum Gasteiger partial charge on any atom is -0.459 e. The van der Waals surface area contributed by atoms with E-state index in [0.29, 0.717) is 5.76 Å². The van der Waals surface area contributed by atoms with Crippen LogP contribution >= 0.6 is 11.3 Å². The Morgan fingerprint density at radius 2 is 1.90 bits per heavy atom. The number of furan rings is 1. The van der Waals surface area contributed by atoms with Crippen LogP contribution < -0.4 is 10.2 Å². The number of piperidine rings is 1. The van der Waals surface area contributed by atoms with Crippen molar-refractivity contribution in [2.75, 3.05) is 18.0 Å². The topological polar surface area (TPSA) is 71.3 Å². The fourth-order valence-corrected chi connectivity index (χ4v) is 5.17. The summed E-state index contributed by atoms with van der Waals surface area (Å²) in [4.78, 5) is 25.4. The van der Waals surface area contributed by atoms with Crippen LogP contribution in [0.25, 0.3) is 21.3 Å². The first-order valence-corrected chi connectivity index (χ1v) is 11.4. The maximum atomic E-state index is 12.5. The molecule has 0 radical (unpaired) electrons. The van der Waals surface area contributed by atoms with Crippen LogP contribution in [0.3, 0.4) is 0 Å². The molecule has 1 saturated heterocycles. The third kappa shape index (κ3) is 3.81. The maximum absolute atomic E-state index is 12.5. The third-order valence-corrected chi connectivity index (χ3v) is 6.68. The van der Waals surface area contributed by atoms with Gasteiger partial charge in [0.1, 0.15) is 16.5 Å². The second kappa shape index (κ2) is 8.15. The summed E-state index contributed by atoms with van der Waals surface area (Å²) in [5.41, 5.74) is 3.22. The smallest absolute Gasteiger partial charge is 0.287 e. The number of hydrogen-bond donors (Lipinski definition) is 1. The van der Waals surface area contributed by atoms with Gasteiger partial charge < -0.3 is 14.6 Å². The molecule has 6 nitrogen and oxygen atoms in total. The van der Waals surface area contributed by atoms with Crippen molar-refractivity contribution in [2.45, 2.75) is 32.7 Å². The van der Waals surface area contributed by atoms with Gasteiger partial charge in [0.25, 0.3) is 5.91 Å². The molecule has 1 aromatic carbocycles. The maximum Gasteiger partial charge on any atom is 0.287 e. The Bertz CT molecular complexity index is 1220. The number of rotatable bonds is 4. The van der Waals surface area contributed by atoms with E-state index in [-0.39, 0.29) is 11.9 Å². The van der Waals surface area contributed by atoms with E-state index >= 15 is 0 Å². The summed E-state index contributed by atoms with van der Waals surface area (Å²) in [5.74, 6) is 2.05. The number of thiophene rings is 1. The summed E-state index contributed by atoms with van der Waals surface area (Å²) < 4.78 is 5.33. The van der Waals surface area contributed by atoms with Crippen LogP contribution in [-0.2, 0) is 0 Å². The van der Waals surface area contributed by atoms with Gasteiger partial charge in [0.15, 0.2) is 5.76 Å². The van der Waals surface area contributed by atoms with Crippen LogP contribution in [0.15, 0.2) is 52.5 Å². The average Bonchev–Trinajstić information content (AvgIpc) is 3.40. The second-order valence-electron chi connectivity index (χ2n) is 7.96. The number of nitrogens with one attached hydrogen (secondary N) is 1. The van der Waals surface area contributed by atoms with E-state index in [9.17, 15) is 4.79 Å². The molecule has 4 aromatic rings. The van der Waals surface area contributed by atoms with Gasteiger partial charge in [0.05, 0.1) is 11.6 Å². The Hall–Kier alpha value is -3.19. The predicted octanol–water partition coefficient (Wildman–Crippen LogP) is 4.97. The highest BCUT2D eigenvalue weighted by Crippen LogP contribution is 2.38. The highest BCUT2D eigenvalue weighted by molar-refractivity contribution is 7.17. The normalized spacial score (nSPS) is 14.8. The standard InChI is InChI=1S/C24H24N4O2S/c1-15-10-13-30-21(15)23(29)27-18-8-11-28(12-9-18)22-20-19(17-6-4-3-5-7-17)14-31-24(20)26-16(2)25-22/h3-7,10,13-14,18H,8-9,11-12H2,1-2H3,(H,27,29). The number of benzene rings is 1. The molecule has 1 aliphatic heterocycles. The van der Waals surface area contributed by atoms with E-state index in [0.717, 1.165) is 53.4 Å². The van der Waals surface area contributed by atoms with Crippen molar-refractivity contribution >= 4 is 33.3 Å². The Morgan fingerprint density at radius 3 is 2.61 bits per heavy atom. The zero-order chi connectivity index (χ0) is 21.4. The highest BCUT2D eigenvalue weighted by atomic mass is 32.1. The van der Waals surface area contributed by atoms with Crippen LogP contribution in [0.1, 0.15) is 34.8 Å². The van der Waals surface area contributed by atoms with E-state index in [1.54, 1.807) is 17.6 Å². The van der Waals surface area contributed by atoms with Gasteiger partial charge in [-0.1, -0.05) is 30.3 Å². The van der Waals surface area contributed by atoms with Crippen LogP contribution in [0.4, 0.5) is 5.82 Å². The molecule has 0 spiro atoms. The van der Waals surface area contributed by atoms with Gasteiger partial charge in [-0.05, 0) is 38.3 Å². The number of carbonyl (C=O) groups excluding carboxylic acids is 1. The van der Waals surface area contributed by atoms with Crippen molar-refractivity contribution in [3.8, 4) is 11.1 Å². The molecule has 1 N–H and O–H groups in total. The Morgan fingerprint density at radius 1 is 1.13 bits per heavy atom. The Balaban J connectivity index is 1.38. The number of aromatic nitrogens is 2. The molecule has 31 heavy (non-hydrogen) atoms. The van der Waals surface area contributed by atoms with Gasteiger partial charge in [0, 0.05) is 35.6 Å². The van der Waals surface area contributed by atoms with Gasteiger partial charge in [-0.15, -0.1) is 11.3 Å². The largest absolute Gasteiger partial charge is 0.459 e. The highest BCUT2D eigenvalue weighted by Gasteiger charge is 2.26. The number of amides is 1. The first-order valence-electron chi connectivity index (χ1n) is 10.5. The Kier molecular flexibility index (Phi) is 5.19. The predicted molar refractivity (Wildman–Crippen MR) is 124 cm³/mol. The van der Waals surface area contributed by atoms with E-state index in [1.165, 1.54) is 11.1 Å². The van der Waals surface area contributed by atoms with Crippen molar-refractivity contribution in [3.63, 3.8) is 0 Å². The number of aryl methyl sites for hydroxylation is 2. The van der Waals surface area contributed by atoms with E-state index in [4.69, 9.17) is 9.40 Å². The molecule has 0 atom stereocenters. The van der Waals surface area contributed by atoms with Gasteiger partial charge >= 0.3 is 0 Å². The molecule has 1 aliphatic rings. The molecular formula is C24H24N4O2S. The number of fused-ring (bicyclic) bond motifs is 1. The molecule has 4 heterocycles. The first-order chi connectivity index (χ1) is 15.1. The summed E-state index contributed by atoms with van der Waals surface area (Å²) in [6, 6.07) is 12.3.